The number of ether oxygens (including phenoxy) is 5. The molecule has 3 aliphatic heterocycles. The third-order valence-electron chi connectivity index (χ3n) is 12.7. The number of aliphatic hydroxyl groups is 3. The average Bonchev–Trinajstić information content (AvgIpc) is 3.13. The molecule has 4 aliphatic rings. The molecule has 1 saturated carbocycles. The monoisotopic (exact) mass is 763 g/mol. The molecule has 0 aromatic heterocycles. The van der Waals surface area contributed by atoms with E-state index in [1.54, 1.807) is 28.3 Å². The first kappa shape index (κ1) is 44.5. The van der Waals surface area contributed by atoms with Crippen molar-refractivity contribution < 1.29 is 53.4 Å². The number of hydrogen-bond acceptors (Lipinski definition) is 11. The summed E-state index contributed by atoms with van der Waals surface area (Å²) in [5.41, 5.74) is 1.76. The van der Waals surface area contributed by atoms with Crippen molar-refractivity contribution in [1.82, 2.24) is 4.90 Å². The lowest BCUT2D eigenvalue weighted by atomic mass is 9.82. The van der Waals surface area contributed by atoms with E-state index in [-0.39, 0.29) is 42.7 Å². The third kappa shape index (κ3) is 11.0. The standard InChI is InChI=1S/C42H69NO11/c1-24-16-25(2)18-36(51-8)40-37(52-9)20-28(5)42(49,54-40)23-38(47)43-15-11-10-12-31(43)41(48)53-39(29(6)34(46)22-33(45)26(3)17-24)27(4)19-30-13-14-32(44)35(21-30)50-7/h17,19,25-26,28-32,34-37,39-40,44,46,49H,10-16,18,20-23H2,1-9H3/b24-17+,27-19+/t25-,26+,28+,29+,30-,31-,32+,34-,35+,36-,37-,39+,40+,42-/m0/s1. The lowest BCUT2D eigenvalue weighted by molar-refractivity contribution is -0.321. The molecule has 0 unspecified atom stereocenters. The molecule has 0 aromatic rings. The van der Waals surface area contributed by atoms with E-state index in [4.69, 9.17) is 23.7 Å². The first-order valence-electron chi connectivity index (χ1n) is 20.2. The van der Waals surface area contributed by atoms with Crippen LogP contribution in [0.25, 0.3) is 0 Å². The Bertz CT molecular complexity index is 1330. The summed E-state index contributed by atoms with van der Waals surface area (Å²) < 4.78 is 30.1. The van der Waals surface area contributed by atoms with Gasteiger partial charge in [-0.1, -0.05) is 45.4 Å². The number of ketones is 1. The summed E-state index contributed by atoms with van der Waals surface area (Å²) in [5, 5.41) is 34.0. The van der Waals surface area contributed by atoms with Gasteiger partial charge < -0.3 is 43.9 Å². The van der Waals surface area contributed by atoms with E-state index < -0.39 is 72.0 Å². The molecule has 54 heavy (non-hydrogen) atoms. The van der Waals surface area contributed by atoms with E-state index in [1.807, 2.05) is 39.8 Å². The number of carbonyl (C=O) groups is 3. The number of nitrogens with zero attached hydrogens (tertiary/aromatic N) is 1. The highest BCUT2D eigenvalue weighted by atomic mass is 16.7. The van der Waals surface area contributed by atoms with Crippen LogP contribution in [0, 0.1) is 29.6 Å². The van der Waals surface area contributed by atoms with Crippen molar-refractivity contribution in [3.8, 4) is 0 Å². The van der Waals surface area contributed by atoms with Gasteiger partial charge in [-0.15, -0.1) is 0 Å². The van der Waals surface area contributed by atoms with Crippen LogP contribution in [0.2, 0.25) is 0 Å². The zero-order valence-corrected chi connectivity index (χ0v) is 34.2. The number of hydrogen-bond donors (Lipinski definition) is 3. The van der Waals surface area contributed by atoms with E-state index in [2.05, 4.69) is 6.92 Å². The highest BCUT2D eigenvalue weighted by Gasteiger charge is 2.51. The van der Waals surface area contributed by atoms with Gasteiger partial charge in [0, 0.05) is 52.0 Å². The molecule has 0 spiro atoms. The van der Waals surface area contributed by atoms with Crippen molar-refractivity contribution in [2.45, 2.75) is 167 Å². The summed E-state index contributed by atoms with van der Waals surface area (Å²) in [6, 6.07) is -0.893. The minimum absolute atomic E-state index is 0.0499. The van der Waals surface area contributed by atoms with Gasteiger partial charge in [0.2, 0.25) is 5.91 Å². The van der Waals surface area contributed by atoms with Gasteiger partial charge in [0.05, 0.1) is 36.9 Å². The van der Waals surface area contributed by atoms with Gasteiger partial charge in [-0.2, -0.15) is 0 Å². The number of rotatable bonds is 5. The van der Waals surface area contributed by atoms with Crippen LogP contribution in [0.3, 0.4) is 0 Å². The van der Waals surface area contributed by atoms with E-state index in [0.29, 0.717) is 57.9 Å². The van der Waals surface area contributed by atoms with Gasteiger partial charge in [0.15, 0.2) is 5.79 Å². The molecule has 2 saturated heterocycles. The fourth-order valence-electron chi connectivity index (χ4n) is 9.24. The summed E-state index contributed by atoms with van der Waals surface area (Å²) in [6.45, 7) is 11.8. The minimum Gasteiger partial charge on any atom is -0.456 e. The third-order valence-corrected chi connectivity index (χ3v) is 12.7. The molecular weight excluding hydrogens is 694 g/mol. The van der Waals surface area contributed by atoms with Crippen molar-refractivity contribution in [3.05, 3.63) is 23.3 Å². The van der Waals surface area contributed by atoms with E-state index >= 15 is 0 Å². The van der Waals surface area contributed by atoms with Gasteiger partial charge in [-0.3, -0.25) is 9.59 Å². The maximum atomic E-state index is 14.2. The Hall–Kier alpha value is -2.19. The van der Waals surface area contributed by atoms with Crippen molar-refractivity contribution in [3.63, 3.8) is 0 Å². The highest BCUT2D eigenvalue weighted by Crippen LogP contribution is 2.40. The van der Waals surface area contributed by atoms with Crippen molar-refractivity contribution in [2.75, 3.05) is 27.9 Å². The number of fused-ring (bicyclic) bond motifs is 3. The topological polar surface area (TPSA) is 161 Å². The average molecular weight is 764 g/mol. The van der Waals surface area contributed by atoms with Crippen LogP contribution >= 0.6 is 0 Å². The molecule has 2 bridgehead atoms. The first-order valence-corrected chi connectivity index (χ1v) is 20.2. The number of cyclic esters (lactones) is 1. The zero-order chi connectivity index (χ0) is 39.9. The lowest BCUT2D eigenvalue weighted by Crippen LogP contribution is -2.59. The Kier molecular flexibility index (Phi) is 16.3. The molecule has 1 aliphatic carbocycles. The molecule has 3 N–H and O–H groups in total. The van der Waals surface area contributed by atoms with Crippen LogP contribution in [0.5, 0.6) is 0 Å². The van der Waals surface area contributed by atoms with Crippen molar-refractivity contribution in [1.29, 1.82) is 0 Å². The zero-order valence-electron chi connectivity index (χ0n) is 34.2. The molecule has 4 rings (SSSR count). The maximum Gasteiger partial charge on any atom is 0.329 e. The van der Waals surface area contributed by atoms with Gasteiger partial charge in [-0.05, 0) is 89.0 Å². The van der Waals surface area contributed by atoms with Gasteiger partial charge in [0.1, 0.15) is 24.0 Å². The van der Waals surface area contributed by atoms with E-state index in [0.717, 1.165) is 17.6 Å². The van der Waals surface area contributed by atoms with Crippen LogP contribution in [0.1, 0.15) is 112 Å². The molecule has 14 atom stereocenters. The molecule has 3 heterocycles. The van der Waals surface area contributed by atoms with Crippen LogP contribution in [0.15, 0.2) is 23.3 Å². The Morgan fingerprint density at radius 1 is 0.889 bits per heavy atom. The number of esters is 1. The normalized spacial score (nSPS) is 42.6. The second-order valence-electron chi connectivity index (χ2n) is 17.0. The van der Waals surface area contributed by atoms with Crippen LogP contribution < -0.4 is 0 Å². The molecule has 3 fully saturated rings. The molecule has 12 heteroatoms. The Morgan fingerprint density at radius 2 is 1.56 bits per heavy atom. The second kappa shape index (κ2) is 19.8. The summed E-state index contributed by atoms with van der Waals surface area (Å²) >= 11 is 0. The Morgan fingerprint density at radius 3 is 2.22 bits per heavy atom. The Labute approximate surface area is 322 Å². The quantitative estimate of drug-likeness (QED) is 0.258. The smallest absolute Gasteiger partial charge is 0.329 e. The van der Waals surface area contributed by atoms with Gasteiger partial charge in [-0.25, -0.2) is 4.79 Å². The molecule has 12 nitrogen and oxygen atoms in total. The predicted octanol–water partition coefficient (Wildman–Crippen LogP) is 4.90. The number of amides is 1. The number of Topliss-reactive ketones (excluding diaryl/α,β-unsaturated/α-hetero) is 1. The molecule has 308 valence electrons. The molecule has 0 radical (unpaired) electrons. The highest BCUT2D eigenvalue weighted by molar-refractivity contribution is 5.85. The maximum absolute atomic E-state index is 14.2. The van der Waals surface area contributed by atoms with Crippen LogP contribution in [-0.4, -0.2) is 120 Å². The summed E-state index contributed by atoms with van der Waals surface area (Å²) in [4.78, 5) is 43.5. The number of aliphatic hydroxyl groups excluding tert-OH is 2. The lowest BCUT2D eigenvalue weighted by Gasteiger charge is -2.48. The van der Waals surface area contributed by atoms with Crippen molar-refractivity contribution >= 4 is 17.7 Å². The van der Waals surface area contributed by atoms with Gasteiger partial charge >= 0.3 is 5.97 Å². The van der Waals surface area contributed by atoms with Crippen molar-refractivity contribution in [2.24, 2.45) is 29.6 Å². The summed E-state index contributed by atoms with van der Waals surface area (Å²) in [7, 11) is 4.80. The number of allylic oxidation sites excluding steroid dienone is 3. The SMILES string of the molecule is CO[C@H]1C[C@@H](C)C/C(C)=C/[C@@H](C)C(=O)C[C@H](O)[C@@H](C)[C@@H](/C(C)=C/[C@@H]2CC[C@@H](O)[C@H](OC)C2)OC(=O)[C@@H]2CCCCN2C(=O)C[C@]2(O)O[C@H]1[C@@H](OC)C[C@H]2C. The summed E-state index contributed by atoms with van der Waals surface area (Å²) in [5.74, 6) is -4.29. The first-order chi connectivity index (χ1) is 25.5. The molecule has 0 aromatic carbocycles. The largest absolute Gasteiger partial charge is 0.456 e. The second-order valence-corrected chi connectivity index (χ2v) is 17.0. The Balaban J connectivity index is 1.71. The summed E-state index contributed by atoms with van der Waals surface area (Å²) in [6.07, 6.45) is 4.64. The fourth-order valence-corrected chi connectivity index (χ4v) is 9.24. The number of piperidine rings is 1. The fraction of sp³-hybridized carbons (Fsp3) is 0.833. The predicted molar refractivity (Wildman–Crippen MR) is 203 cm³/mol. The minimum atomic E-state index is -1.82. The van der Waals surface area contributed by atoms with Crippen LogP contribution in [0.4, 0.5) is 0 Å². The molecular formula is C42H69NO11. The van der Waals surface area contributed by atoms with Crippen LogP contribution in [-0.2, 0) is 38.1 Å². The van der Waals surface area contributed by atoms with E-state index in [1.165, 1.54) is 4.90 Å². The number of carbonyl (C=O) groups excluding carboxylic acids is 3. The molecule has 1 amide bonds. The van der Waals surface area contributed by atoms with E-state index in [9.17, 15) is 29.7 Å². The number of methoxy groups -OCH3 is 3. The van der Waals surface area contributed by atoms with Gasteiger partial charge in [0.25, 0.3) is 0 Å².